The second-order valence-corrected chi connectivity index (χ2v) is 7.74. The Bertz CT molecular complexity index is 1000. The number of benzene rings is 1. The molecule has 0 bridgehead atoms. The van der Waals surface area contributed by atoms with Gasteiger partial charge in [-0.25, -0.2) is 14.8 Å². The van der Waals surface area contributed by atoms with E-state index in [1.807, 2.05) is 11.4 Å². The summed E-state index contributed by atoms with van der Waals surface area (Å²) in [6.07, 6.45) is 3.36. The van der Waals surface area contributed by atoms with Crippen LogP contribution >= 0.6 is 11.3 Å². The van der Waals surface area contributed by atoms with E-state index in [0.717, 1.165) is 41.0 Å². The Morgan fingerprint density at radius 1 is 1.21 bits per heavy atom. The number of rotatable bonds is 5. The van der Waals surface area contributed by atoms with Gasteiger partial charge in [0.05, 0.1) is 16.9 Å². The Balaban J connectivity index is 1.39. The molecule has 1 aliphatic heterocycles. The minimum atomic E-state index is -0.956. The first-order valence-corrected chi connectivity index (χ1v) is 10.0. The number of amides is 1. The lowest BCUT2D eigenvalue weighted by molar-refractivity contribution is -0.125. The van der Waals surface area contributed by atoms with Crippen LogP contribution in [0.4, 0.5) is 5.82 Å². The van der Waals surface area contributed by atoms with Crippen molar-refractivity contribution in [2.24, 2.45) is 5.92 Å². The number of carbonyl (C=O) groups is 2. The van der Waals surface area contributed by atoms with E-state index in [1.165, 1.54) is 0 Å². The van der Waals surface area contributed by atoms with Gasteiger partial charge in [-0.1, -0.05) is 12.1 Å². The van der Waals surface area contributed by atoms with Gasteiger partial charge in [0.15, 0.2) is 0 Å². The largest absolute Gasteiger partial charge is 0.478 e. The summed E-state index contributed by atoms with van der Waals surface area (Å²) in [6, 6.07) is 8.58. The van der Waals surface area contributed by atoms with Crippen LogP contribution < -0.4 is 10.2 Å². The SMILES string of the molecule is O=C(O)c1ccc(CNC(=O)C2CCCN(c3ncnc4sccc34)C2)cc1. The lowest BCUT2D eigenvalue weighted by Gasteiger charge is -2.33. The molecule has 0 aliphatic carbocycles. The first kappa shape index (κ1) is 18.4. The Kier molecular flexibility index (Phi) is 5.21. The van der Waals surface area contributed by atoms with Crippen molar-refractivity contribution in [2.75, 3.05) is 18.0 Å². The van der Waals surface area contributed by atoms with Gasteiger partial charge in [0.2, 0.25) is 5.91 Å². The van der Waals surface area contributed by atoms with Gasteiger partial charge in [-0.05, 0) is 42.0 Å². The number of carboxylic acids is 1. The smallest absolute Gasteiger partial charge is 0.335 e. The van der Waals surface area contributed by atoms with E-state index in [1.54, 1.807) is 41.9 Å². The molecule has 1 saturated heterocycles. The van der Waals surface area contributed by atoms with Gasteiger partial charge in [-0.2, -0.15) is 0 Å². The third kappa shape index (κ3) is 3.82. The van der Waals surface area contributed by atoms with E-state index in [2.05, 4.69) is 20.2 Å². The number of thiophene rings is 1. The maximum Gasteiger partial charge on any atom is 0.335 e. The summed E-state index contributed by atoms with van der Waals surface area (Å²) in [5, 5.41) is 15.0. The molecule has 1 aliphatic rings. The van der Waals surface area contributed by atoms with Crippen LogP contribution in [0.3, 0.4) is 0 Å². The van der Waals surface area contributed by atoms with Gasteiger partial charge in [0.25, 0.3) is 0 Å². The average Bonchev–Trinajstić information content (AvgIpc) is 3.21. The van der Waals surface area contributed by atoms with Crippen LogP contribution in [0.15, 0.2) is 42.0 Å². The van der Waals surface area contributed by atoms with Crippen molar-refractivity contribution in [3.05, 3.63) is 53.2 Å². The fourth-order valence-corrected chi connectivity index (χ4v) is 4.24. The molecule has 8 heteroatoms. The van der Waals surface area contributed by atoms with Crippen molar-refractivity contribution in [2.45, 2.75) is 19.4 Å². The number of nitrogens with zero attached hydrogens (tertiary/aromatic N) is 3. The number of nitrogens with one attached hydrogen (secondary N) is 1. The van der Waals surface area contributed by atoms with Gasteiger partial charge in [0, 0.05) is 19.6 Å². The summed E-state index contributed by atoms with van der Waals surface area (Å²) in [6.45, 7) is 1.89. The zero-order valence-corrected chi connectivity index (χ0v) is 16.0. The monoisotopic (exact) mass is 396 g/mol. The third-order valence-corrected chi connectivity index (χ3v) is 5.82. The molecule has 1 aromatic carbocycles. The molecule has 2 aromatic heterocycles. The molecule has 1 unspecified atom stereocenters. The van der Waals surface area contributed by atoms with E-state index >= 15 is 0 Å². The molecule has 1 fully saturated rings. The Morgan fingerprint density at radius 2 is 2.04 bits per heavy atom. The standard InChI is InChI=1S/C20H20N4O3S/c25-18(21-10-13-3-5-14(6-4-13)20(26)27)15-2-1-8-24(11-15)17-16-7-9-28-19(16)23-12-22-17/h3-7,9,12,15H,1-2,8,10-11H2,(H,21,25)(H,26,27). The van der Waals surface area contributed by atoms with E-state index in [0.29, 0.717) is 13.1 Å². The molecule has 2 N–H and O–H groups in total. The van der Waals surface area contributed by atoms with Crippen LogP contribution in [0.5, 0.6) is 0 Å². The summed E-state index contributed by atoms with van der Waals surface area (Å²) in [5.74, 6) is -0.145. The van der Waals surface area contributed by atoms with E-state index in [4.69, 9.17) is 5.11 Å². The van der Waals surface area contributed by atoms with Crippen molar-refractivity contribution in [1.82, 2.24) is 15.3 Å². The van der Waals surface area contributed by atoms with Gasteiger partial charge in [0.1, 0.15) is 17.0 Å². The zero-order chi connectivity index (χ0) is 19.5. The number of carbonyl (C=O) groups excluding carboxylic acids is 1. The molecule has 3 aromatic rings. The van der Waals surface area contributed by atoms with Crippen LogP contribution in [0, 0.1) is 5.92 Å². The van der Waals surface area contributed by atoms with Crippen LogP contribution in [0.1, 0.15) is 28.8 Å². The van der Waals surface area contributed by atoms with Gasteiger partial charge in [-0.15, -0.1) is 11.3 Å². The number of hydrogen-bond acceptors (Lipinski definition) is 6. The Morgan fingerprint density at radius 3 is 2.82 bits per heavy atom. The number of piperidine rings is 1. The minimum Gasteiger partial charge on any atom is -0.478 e. The number of carboxylic acid groups (broad SMARTS) is 1. The number of aromatic carboxylic acids is 1. The lowest BCUT2D eigenvalue weighted by atomic mass is 9.97. The highest BCUT2D eigenvalue weighted by Crippen LogP contribution is 2.29. The van der Waals surface area contributed by atoms with Crippen LogP contribution in [-0.2, 0) is 11.3 Å². The normalized spacial score (nSPS) is 16.9. The van der Waals surface area contributed by atoms with Crippen molar-refractivity contribution in [1.29, 1.82) is 0 Å². The van der Waals surface area contributed by atoms with Gasteiger partial charge < -0.3 is 15.3 Å². The molecule has 3 heterocycles. The summed E-state index contributed by atoms with van der Waals surface area (Å²) in [5.41, 5.74) is 1.12. The highest BCUT2D eigenvalue weighted by atomic mass is 32.1. The maximum atomic E-state index is 12.7. The highest BCUT2D eigenvalue weighted by Gasteiger charge is 2.27. The highest BCUT2D eigenvalue weighted by molar-refractivity contribution is 7.16. The molecular weight excluding hydrogens is 376 g/mol. The Labute approximate surface area is 166 Å². The fourth-order valence-electron chi connectivity index (χ4n) is 3.51. The molecule has 0 spiro atoms. The van der Waals surface area contributed by atoms with E-state index in [-0.39, 0.29) is 17.4 Å². The first-order chi connectivity index (χ1) is 13.6. The average molecular weight is 396 g/mol. The predicted octanol–water partition coefficient (Wildman–Crippen LogP) is 2.92. The van der Waals surface area contributed by atoms with Crippen LogP contribution in [0.2, 0.25) is 0 Å². The van der Waals surface area contributed by atoms with Gasteiger partial charge >= 0.3 is 5.97 Å². The second-order valence-electron chi connectivity index (χ2n) is 6.84. The summed E-state index contributed by atoms with van der Waals surface area (Å²) < 4.78 is 0. The lowest BCUT2D eigenvalue weighted by Crippen LogP contribution is -2.43. The summed E-state index contributed by atoms with van der Waals surface area (Å²) in [4.78, 5) is 35.5. The molecule has 4 rings (SSSR count). The topological polar surface area (TPSA) is 95.4 Å². The van der Waals surface area contributed by atoms with E-state index < -0.39 is 5.97 Å². The quantitative estimate of drug-likeness (QED) is 0.689. The maximum absolute atomic E-state index is 12.7. The minimum absolute atomic E-state index is 0.0163. The summed E-state index contributed by atoms with van der Waals surface area (Å²) >= 11 is 1.59. The van der Waals surface area contributed by atoms with E-state index in [9.17, 15) is 9.59 Å². The number of aromatic nitrogens is 2. The van der Waals surface area contributed by atoms with Crippen molar-refractivity contribution >= 4 is 39.2 Å². The third-order valence-electron chi connectivity index (χ3n) is 5.00. The molecule has 28 heavy (non-hydrogen) atoms. The van der Waals surface area contributed by atoms with Gasteiger partial charge in [-0.3, -0.25) is 4.79 Å². The van der Waals surface area contributed by atoms with Crippen molar-refractivity contribution < 1.29 is 14.7 Å². The molecule has 1 amide bonds. The van der Waals surface area contributed by atoms with Crippen molar-refractivity contribution in [3.63, 3.8) is 0 Å². The molecular formula is C20H20N4O3S. The fraction of sp³-hybridized carbons (Fsp3) is 0.300. The number of hydrogen-bond donors (Lipinski definition) is 2. The molecule has 0 saturated carbocycles. The first-order valence-electron chi connectivity index (χ1n) is 9.15. The van der Waals surface area contributed by atoms with Crippen LogP contribution in [0.25, 0.3) is 10.2 Å². The predicted molar refractivity (Wildman–Crippen MR) is 108 cm³/mol. The van der Waals surface area contributed by atoms with Crippen LogP contribution in [-0.4, -0.2) is 40.0 Å². The summed E-state index contributed by atoms with van der Waals surface area (Å²) in [7, 11) is 0. The number of anilines is 1. The van der Waals surface area contributed by atoms with Crippen molar-refractivity contribution in [3.8, 4) is 0 Å². The molecule has 1 atom stereocenters. The zero-order valence-electron chi connectivity index (χ0n) is 15.2. The molecule has 144 valence electrons. The Hall–Kier alpha value is -3.00. The second kappa shape index (κ2) is 7.93. The number of fused-ring (bicyclic) bond motifs is 1. The molecule has 0 radical (unpaired) electrons. The molecule has 7 nitrogen and oxygen atoms in total.